The van der Waals surface area contributed by atoms with Gasteiger partial charge in [0.2, 0.25) is 5.58 Å². The zero-order valence-electron chi connectivity index (χ0n) is 12.3. The van der Waals surface area contributed by atoms with Crippen LogP contribution in [0.25, 0.3) is 22.1 Å². The number of hydrogen-bond donors (Lipinski definition) is 0. The lowest BCUT2D eigenvalue weighted by Crippen LogP contribution is -2.23. The normalized spacial score (nSPS) is 11.1. The van der Waals surface area contributed by atoms with Crippen LogP contribution in [-0.2, 0) is 6.54 Å². The van der Waals surface area contributed by atoms with Crippen molar-refractivity contribution in [3.05, 3.63) is 71.3 Å². The molecule has 0 saturated carbocycles. The fraction of sp³-hybridized carbons (Fsp3) is 0.111. The second-order valence-electron chi connectivity index (χ2n) is 5.18. The molecule has 5 nitrogen and oxygen atoms in total. The second kappa shape index (κ2) is 5.61. The standard InChI is InChI=1S/C18H14N2O3/c21-18-17-16(14-8-4-5-9-15(14)23-17)19-12-20(18)10-11-22-13-6-2-1-3-7-13/h1-9,12H,10-11H2. The van der Waals surface area contributed by atoms with E-state index in [1.165, 1.54) is 4.57 Å². The van der Waals surface area contributed by atoms with Crippen molar-refractivity contribution < 1.29 is 9.15 Å². The summed E-state index contributed by atoms with van der Waals surface area (Å²) in [5, 5.41) is 0.854. The summed E-state index contributed by atoms with van der Waals surface area (Å²) >= 11 is 0. The quantitative estimate of drug-likeness (QED) is 0.581. The number of ether oxygens (including phenoxy) is 1. The molecule has 4 rings (SSSR count). The first-order valence-electron chi connectivity index (χ1n) is 7.37. The lowest BCUT2D eigenvalue weighted by molar-refractivity contribution is 0.295. The topological polar surface area (TPSA) is 57.3 Å². The average molecular weight is 306 g/mol. The molecule has 2 heterocycles. The Hall–Kier alpha value is -3.08. The molecule has 2 aromatic heterocycles. The van der Waals surface area contributed by atoms with Gasteiger partial charge in [-0.3, -0.25) is 9.36 Å². The minimum atomic E-state index is -0.192. The third-order valence-electron chi connectivity index (χ3n) is 3.69. The van der Waals surface area contributed by atoms with E-state index in [0.717, 1.165) is 11.1 Å². The molecule has 4 aromatic rings. The van der Waals surface area contributed by atoms with Gasteiger partial charge in [-0.1, -0.05) is 30.3 Å². The van der Waals surface area contributed by atoms with E-state index in [4.69, 9.17) is 9.15 Å². The Morgan fingerprint density at radius 3 is 2.70 bits per heavy atom. The highest BCUT2D eigenvalue weighted by Gasteiger charge is 2.12. The number of para-hydroxylation sites is 2. The largest absolute Gasteiger partial charge is 0.492 e. The average Bonchev–Trinajstić information content (AvgIpc) is 2.97. The first-order valence-corrected chi connectivity index (χ1v) is 7.37. The van der Waals surface area contributed by atoms with Gasteiger partial charge in [0.1, 0.15) is 23.5 Å². The maximum Gasteiger partial charge on any atom is 0.297 e. The third-order valence-corrected chi connectivity index (χ3v) is 3.69. The summed E-state index contributed by atoms with van der Waals surface area (Å²) in [4.78, 5) is 16.9. The lowest BCUT2D eigenvalue weighted by atomic mass is 10.2. The van der Waals surface area contributed by atoms with Gasteiger partial charge >= 0.3 is 0 Å². The van der Waals surface area contributed by atoms with E-state index < -0.39 is 0 Å². The molecular weight excluding hydrogens is 292 g/mol. The van der Waals surface area contributed by atoms with E-state index in [0.29, 0.717) is 24.3 Å². The molecule has 0 fully saturated rings. The second-order valence-corrected chi connectivity index (χ2v) is 5.18. The number of hydrogen-bond acceptors (Lipinski definition) is 4. The Kier molecular flexibility index (Phi) is 3.31. The molecule has 0 aliphatic carbocycles. The van der Waals surface area contributed by atoms with Crippen LogP contribution in [-0.4, -0.2) is 16.2 Å². The van der Waals surface area contributed by atoms with Crippen molar-refractivity contribution in [3.8, 4) is 5.75 Å². The van der Waals surface area contributed by atoms with Crippen LogP contribution in [0.4, 0.5) is 0 Å². The monoisotopic (exact) mass is 306 g/mol. The Bertz CT molecular complexity index is 1020. The summed E-state index contributed by atoms with van der Waals surface area (Å²) in [5.74, 6) is 0.776. The molecule has 5 heteroatoms. The highest BCUT2D eigenvalue weighted by Crippen LogP contribution is 2.23. The van der Waals surface area contributed by atoms with E-state index in [1.807, 2.05) is 54.6 Å². The first kappa shape index (κ1) is 13.6. The van der Waals surface area contributed by atoms with Gasteiger partial charge in [0.15, 0.2) is 0 Å². The minimum absolute atomic E-state index is 0.192. The number of furan rings is 1. The van der Waals surface area contributed by atoms with E-state index in [1.54, 1.807) is 6.33 Å². The summed E-state index contributed by atoms with van der Waals surface area (Å²) in [7, 11) is 0. The highest BCUT2D eigenvalue weighted by atomic mass is 16.5. The molecule has 114 valence electrons. The summed E-state index contributed by atoms with van der Waals surface area (Å²) in [6, 6.07) is 17.0. The highest BCUT2D eigenvalue weighted by molar-refractivity contribution is 6.01. The fourth-order valence-electron chi connectivity index (χ4n) is 2.55. The molecule has 2 aromatic carbocycles. The first-order chi connectivity index (χ1) is 11.3. The zero-order chi connectivity index (χ0) is 15.6. The number of rotatable bonds is 4. The molecule has 0 unspecified atom stereocenters. The summed E-state index contributed by atoms with van der Waals surface area (Å²) in [6.07, 6.45) is 1.54. The van der Waals surface area contributed by atoms with Crippen LogP contribution in [0.15, 0.2) is 70.1 Å². The van der Waals surface area contributed by atoms with Gasteiger partial charge < -0.3 is 9.15 Å². The molecule has 0 amide bonds. The Morgan fingerprint density at radius 2 is 1.83 bits per heavy atom. The summed E-state index contributed by atoms with van der Waals surface area (Å²) in [6.45, 7) is 0.797. The van der Waals surface area contributed by atoms with Crippen molar-refractivity contribution in [2.45, 2.75) is 6.54 Å². The smallest absolute Gasteiger partial charge is 0.297 e. The maximum absolute atomic E-state index is 12.5. The van der Waals surface area contributed by atoms with Crippen LogP contribution in [0.2, 0.25) is 0 Å². The molecule has 23 heavy (non-hydrogen) atoms. The summed E-state index contributed by atoms with van der Waals surface area (Å²) < 4.78 is 12.8. The number of benzene rings is 2. The van der Waals surface area contributed by atoms with E-state index in [9.17, 15) is 4.79 Å². The third kappa shape index (κ3) is 2.46. The van der Waals surface area contributed by atoms with Crippen molar-refractivity contribution in [3.63, 3.8) is 0 Å². The van der Waals surface area contributed by atoms with Crippen molar-refractivity contribution in [2.75, 3.05) is 6.61 Å². The molecule has 0 bridgehead atoms. The van der Waals surface area contributed by atoms with Gasteiger partial charge in [0, 0.05) is 5.39 Å². The Balaban J connectivity index is 1.62. The number of fused-ring (bicyclic) bond motifs is 3. The van der Waals surface area contributed by atoms with Crippen LogP contribution >= 0.6 is 0 Å². The lowest BCUT2D eigenvalue weighted by Gasteiger charge is -2.07. The molecule has 0 aliphatic rings. The molecule has 0 radical (unpaired) electrons. The van der Waals surface area contributed by atoms with E-state index in [-0.39, 0.29) is 11.1 Å². The fourth-order valence-corrected chi connectivity index (χ4v) is 2.55. The SMILES string of the molecule is O=c1c2oc3ccccc3c2ncn1CCOc1ccccc1. The van der Waals surface area contributed by atoms with Crippen LogP contribution in [0.5, 0.6) is 5.75 Å². The van der Waals surface area contributed by atoms with Gasteiger partial charge in [-0.15, -0.1) is 0 Å². The van der Waals surface area contributed by atoms with E-state index in [2.05, 4.69) is 4.98 Å². The van der Waals surface area contributed by atoms with Crippen molar-refractivity contribution in [2.24, 2.45) is 0 Å². The van der Waals surface area contributed by atoms with Gasteiger partial charge in [-0.2, -0.15) is 0 Å². The van der Waals surface area contributed by atoms with Gasteiger partial charge in [-0.05, 0) is 24.3 Å². The molecule has 0 saturated heterocycles. The van der Waals surface area contributed by atoms with Crippen LogP contribution < -0.4 is 10.3 Å². The maximum atomic E-state index is 12.5. The molecular formula is C18H14N2O3. The predicted octanol–water partition coefficient (Wildman–Crippen LogP) is 3.22. The molecule has 0 atom stereocenters. The van der Waals surface area contributed by atoms with Crippen molar-refractivity contribution >= 4 is 22.1 Å². The van der Waals surface area contributed by atoms with Crippen LogP contribution in [0, 0.1) is 0 Å². The minimum Gasteiger partial charge on any atom is -0.492 e. The van der Waals surface area contributed by atoms with Gasteiger partial charge in [0.25, 0.3) is 5.56 Å². The van der Waals surface area contributed by atoms with Crippen LogP contribution in [0.1, 0.15) is 0 Å². The van der Waals surface area contributed by atoms with Gasteiger partial charge in [0.05, 0.1) is 12.9 Å². The summed E-state index contributed by atoms with van der Waals surface area (Å²) in [5.41, 5.74) is 1.37. The Labute approximate surface area is 131 Å². The van der Waals surface area contributed by atoms with Gasteiger partial charge in [-0.25, -0.2) is 4.98 Å². The number of aromatic nitrogens is 2. The Morgan fingerprint density at radius 1 is 1.04 bits per heavy atom. The molecule has 0 N–H and O–H groups in total. The van der Waals surface area contributed by atoms with Crippen LogP contribution in [0.3, 0.4) is 0 Å². The molecule has 0 spiro atoms. The van der Waals surface area contributed by atoms with E-state index >= 15 is 0 Å². The van der Waals surface area contributed by atoms with Crippen molar-refractivity contribution in [1.29, 1.82) is 0 Å². The molecule has 0 aliphatic heterocycles. The number of nitrogens with zero attached hydrogens (tertiary/aromatic N) is 2. The zero-order valence-corrected chi connectivity index (χ0v) is 12.3. The predicted molar refractivity (Wildman–Crippen MR) is 87.7 cm³/mol. The van der Waals surface area contributed by atoms with Crippen molar-refractivity contribution in [1.82, 2.24) is 9.55 Å².